The van der Waals surface area contributed by atoms with Crippen molar-refractivity contribution < 1.29 is 4.79 Å². The van der Waals surface area contributed by atoms with E-state index in [2.05, 4.69) is 16.7 Å². The summed E-state index contributed by atoms with van der Waals surface area (Å²) in [6.07, 6.45) is 5.45. The lowest BCUT2D eigenvalue weighted by Gasteiger charge is -2.28. The Bertz CT molecular complexity index is 311. The fraction of sp³-hybridized carbons (Fsp3) is 0.846. The summed E-state index contributed by atoms with van der Waals surface area (Å²) in [5.41, 5.74) is 0. The molecule has 94 valence electrons. The largest absolute Gasteiger partial charge is 0.355 e. The van der Waals surface area contributed by atoms with Crippen molar-refractivity contribution in [3.05, 3.63) is 0 Å². The number of nitriles is 1. The van der Waals surface area contributed by atoms with Crippen LogP contribution in [0.2, 0.25) is 0 Å². The number of carbonyl (C=O) groups is 1. The third-order valence-electron chi connectivity index (χ3n) is 3.87. The zero-order valence-corrected chi connectivity index (χ0v) is 10.4. The Morgan fingerprint density at radius 3 is 2.71 bits per heavy atom. The Labute approximate surface area is 103 Å². The van der Waals surface area contributed by atoms with Crippen molar-refractivity contribution in [3.8, 4) is 6.07 Å². The van der Waals surface area contributed by atoms with E-state index in [0.29, 0.717) is 31.0 Å². The summed E-state index contributed by atoms with van der Waals surface area (Å²) in [7, 11) is 0. The first-order valence-electron chi connectivity index (χ1n) is 6.59. The molecule has 0 aliphatic carbocycles. The summed E-state index contributed by atoms with van der Waals surface area (Å²) in [6.45, 7) is 2.30. The highest BCUT2D eigenvalue weighted by molar-refractivity contribution is 5.76. The fourth-order valence-corrected chi connectivity index (χ4v) is 2.99. The van der Waals surface area contributed by atoms with Crippen molar-refractivity contribution in [2.24, 2.45) is 11.8 Å². The minimum absolute atomic E-state index is 0.0943. The van der Waals surface area contributed by atoms with Crippen molar-refractivity contribution in [3.63, 3.8) is 0 Å². The maximum atomic E-state index is 11.7. The van der Waals surface area contributed by atoms with E-state index in [1.807, 2.05) is 6.92 Å². The predicted molar refractivity (Wildman–Crippen MR) is 65.1 cm³/mol. The van der Waals surface area contributed by atoms with Crippen LogP contribution in [0.25, 0.3) is 0 Å². The van der Waals surface area contributed by atoms with Crippen LogP contribution in [0.4, 0.5) is 0 Å². The zero-order valence-electron chi connectivity index (χ0n) is 10.4. The van der Waals surface area contributed by atoms with Gasteiger partial charge in [-0.15, -0.1) is 0 Å². The van der Waals surface area contributed by atoms with Crippen LogP contribution in [0.3, 0.4) is 0 Å². The molecule has 2 aliphatic rings. The number of nitrogens with zero attached hydrogens (tertiary/aromatic N) is 1. The maximum Gasteiger partial charge on any atom is 0.220 e. The number of amides is 1. The molecule has 0 aromatic heterocycles. The number of rotatable bonds is 4. The number of carbonyl (C=O) groups excluding carboxylic acids is 1. The summed E-state index contributed by atoms with van der Waals surface area (Å²) in [4.78, 5) is 11.7. The van der Waals surface area contributed by atoms with Crippen LogP contribution in [0.15, 0.2) is 0 Å². The Balaban J connectivity index is 1.70. The van der Waals surface area contributed by atoms with Gasteiger partial charge in [-0.3, -0.25) is 4.79 Å². The Hall–Kier alpha value is -1.08. The quantitative estimate of drug-likeness (QED) is 0.769. The summed E-state index contributed by atoms with van der Waals surface area (Å²) in [5.74, 6) is 0.549. The second-order valence-electron chi connectivity index (χ2n) is 5.51. The standard InChI is InChI=1S/C13H21N3O/c1-9(7-14)8-15-13(17)6-10-4-11-2-3-12(5-10)16-11/h9-12,16H,2-6,8H2,1H3,(H,15,17). The third kappa shape index (κ3) is 3.44. The molecule has 0 aromatic rings. The number of hydrogen-bond acceptors (Lipinski definition) is 3. The molecular formula is C13H21N3O. The predicted octanol–water partition coefficient (Wildman–Crippen LogP) is 1.18. The molecule has 2 saturated heterocycles. The second-order valence-corrected chi connectivity index (χ2v) is 5.51. The molecule has 3 atom stereocenters. The minimum atomic E-state index is -0.0943. The van der Waals surface area contributed by atoms with Gasteiger partial charge in [0.1, 0.15) is 0 Å². The van der Waals surface area contributed by atoms with Gasteiger partial charge in [-0.25, -0.2) is 0 Å². The van der Waals surface area contributed by atoms with Crippen molar-refractivity contribution in [1.29, 1.82) is 5.26 Å². The van der Waals surface area contributed by atoms with Gasteiger partial charge in [-0.1, -0.05) is 0 Å². The van der Waals surface area contributed by atoms with Crippen LogP contribution in [-0.2, 0) is 4.79 Å². The van der Waals surface area contributed by atoms with Gasteiger partial charge in [0.25, 0.3) is 0 Å². The SMILES string of the molecule is CC(C#N)CNC(=O)CC1CC2CCC(C1)N2. The van der Waals surface area contributed by atoms with Gasteiger partial charge in [-0.05, 0) is 38.5 Å². The highest BCUT2D eigenvalue weighted by atomic mass is 16.1. The lowest BCUT2D eigenvalue weighted by molar-refractivity contribution is -0.122. The molecule has 2 N–H and O–H groups in total. The molecule has 3 unspecified atom stereocenters. The van der Waals surface area contributed by atoms with Gasteiger partial charge >= 0.3 is 0 Å². The summed E-state index contributed by atoms with van der Waals surface area (Å²) in [6, 6.07) is 3.41. The molecule has 2 heterocycles. The molecule has 2 bridgehead atoms. The fourth-order valence-electron chi connectivity index (χ4n) is 2.99. The van der Waals surface area contributed by atoms with Crippen molar-refractivity contribution in [2.45, 2.75) is 51.1 Å². The zero-order chi connectivity index (χ0) is 12.3. The normalized spacial score (nSPS) is 32.8. The number of piperidine rings is 1. The molecule has 4 nitrogen and oxygen atoms in total. The van der Waals surface area contributed by atoms with Gasteiger partial charge in [0, 0.05) is 25.0 Å². The van der Waals surface area contributed by atoms with Crippen LogP contribution in [-0.4, -0.2) is 24.5 Å². The van der Waals surface area contributed by atoms with E-state index < -0.39 is 0 Å². The molecule has 17 heavy (non-hydrogen) atoms. The first-order chi connectivity index (χ1) is 8.17. The number of nitrogens with one attached hydrogen (secondary N) is 2. The average molecular weight is 235 g/mol. The van der Waals surface area contributed by atoms with Gasteiger partial charge in [-0.2, -0.15) is 5.26 Å². The molecule has 4 heteroatoms. The van der Waals surface area contributed by atoms with Gasteiger partial charge in [0.15, 0.2) is 0 Å². The van der Waals surface area contributed by atoms with Crippen LogP contribution >= 0.6 is 0 Å². The first kappa shape index (κ1) is 12.4. The van der Waals surface area contributed by atoms with Crippen molar-refractivity contribution in [1.82, 2.24) is 10.6 Å². The van der Waals surface area contributed by atoms with E-state index in [0.717, 1.165) is 12.8 Å². The summed E-state index contributed by atoms with van der Waals surface area (Å²) >= 11 is 0. The molecule has 0 aromatic carbocycles. The second kappa shape index (κ2) is 5.50. The minimum Gasteiger partial charge on any atom is -0.355 e. The topological polar surface area (TPSA) is 64.9 Å². The molecular weight excluding hydrogens is 214 g/mol. The number of fused-ring (bicyclic) bond motifs is 2. The number of hydrogen-bond donors (Lipinski definition) is 2. The molecule has 2 aliphatic heterocycles. The smallest absolute Gasteiger partial charge is 0.220 e. The van der Waals surface area contributed by atoms with Gasteiger partial charge in [0.2, 0.25) is 5.91 Å². The van der Waals surface area contributed by atoms with E-state index in [4.69, 9.17) is 5.26 Å². The molecule has 0 radical (unpaired) electrons. The van der Waals surface area contributed by atoms with E-state index in [1.165, 1.54) is 12.8 Å². The Morgan fingerprint density at radius 2 is 2.12 bits per heavy atom. The van der Waals surface area contributed by atoms with Crippen LogP contribution in [0.1, 0.15) is 39.0 Å². The lowest BCUT2D eigenvalue weighted by Crippen LogP contribution is -2.40. The van der Waals surface area contributed by atoms with E-state index in [-0.39, 0.29) is 11.8 Å². The van der Waals surface area contributed by atoms with Crippen LogP contribution in [0, 0.1) is 23.2 Å². The average Bonchev–Trinajstić information content (AvgIpc) is 2.65. The molecule has 2 rings (SSSR count). The van der Waals surface area contributed by atoms with E-state index in [9.17, 15) is 4.79 Å². The van der Waals surface area contributed by atoms with E-state index in [1.54, 1.807) is 0 Å². The van der Waals surface area contributed by atoms with Crippen LogP contribution < -0.4 is 10.6 Å². The lowest BCUT2D eigenvalue weighted by atomic mass is 9.89. The molecule has 1 amide bonds. The van der Waals surface area contributed by atoms with Gasteiger partial charge < -0.3 is 10.6 Å². The monoisotopic (exact) mass is 235 g/mol. The van der Waals surface area contributed by atoms with Gasteiger partial charge in [0.05, 0.1) is 12.0 Å². The Morgan fingerprint density at radius 1 is 1.47 bits per heavy atom. The summed E-state index contributed by atoms with van der Waals surface area (Å²) in [5, 5.41) is 15.1. The Kier molecular flexibility index (Phi) is 4.01. The molecule has 2 fully saturated rings. The molecule has 0 saturated carbocycles. The van der Waals surface area contributed by atoms with Crippen LogP contribution in [0.5, 0.6) is 0 Å². The first-order valence-corrected chi connectivity index (χ1v) is 6.59. The van der Waals surface area contributed by atoms with Crippen molar-refractivity contribution >= 4 is 5.91 Å². The highest BCUT2D eigenvalue weighted by Crippen LogP contribution is 2.32. The van der Waals surface area contributed by atoms with Crippen molar-refractivity contribution in [2.75, 3.05) is 6.54 Å². The molecule has 0 spiro atoms. The van der Waals surface area contributed by atoms with E-state index >= 15 is 0 Å². The highest BCUT2D eigenvalue weighted by Gasteiger charge is 2.34. The third-order valence-corrected chi connectivity index (χ3v) is 3.87. The summed E-state index contributed by atoms with van der Waals surface area (Å²) < 4.78 is 0. The maximum absolute atomic E-state index is 11.7.